The first kappa shape index (κ1) is 15.1. The molecule has 3 atom stereocenters. The summed E-state index contributed by atoms with van der Waals surface area (Å²) in [6, 6.07) is 6.80. The summed E-state index contributed by atoms with van der Waals surface area (Å²) in [6.07, 6.45) is 3.70. The molecule has 20 heavy (non-hydrogen) atoms. The van der Waals surface area contributed by atoms with Gasteiger partial charge < -0.3 is 15.6 Å². The SMILES string of the molecule is COc1ccc(C(CN)N2C(C)CCCC2C)cc1O. The van der Waals surface area contributed by atoms with E-state index >= 15 is 0 Å². The number of ether oxygens (including phenoxy) is 1. The van der Waals surface area contributed by atoms with Crippen LogP contribution in [0.15, 0.2) is 18.2 Å². The van der Waals surface area contributed by atoms with Crippen LogP contribution in [-0.4, -0.2) is 35.7 Å². The Morgan fingerprint density at radius 1 is 1.35 bits per heavy atom. The number of hydrogen-bond acceptors (Lipinski definition) is 4. The van der Waals surface area contributed by atoms with Gasteiger partial charge in [-0.1, -0.05) is 12.5 Å². The average molecular weight is 278 g/mol. The van der Waals surface area contributed by atoms with Crippen LogP contribution in [0.2, 0.25) is 0 Å². The lowest BCUT2D eigenvalue weighted by Gasteiger charge is -2.44. The van der Waals surface area contributed by atoms with Crippen LogP contribution in [0.5, 0.6) is 11.5 Å². The number of likely N-dealkylation sites (tertiary alicyclic amines) is 1. The molecule has 112 valence electrons. The van der Waals surface area contributed by atoms with Gasteiger partial charge in [-0.25, -0.2) is 0 Å². The van der Waals surface area contributed by atoms with Crippen molar-refractivity contribution in [1.29, 1.82) is 0 Å². The van der Waals surface area contributed by atoms with Gasteiger partial charge in [-0.2, -0.15) is 0 Å². The number of rotatable bonds is 4. The van der Waals surface area contributed by atoms with Crippen molar-refractivity contribution in [3.63, 3.8) is 0 Å². The predicted molar refractivity (Wildman–Crippen MR) is 81.1 cm³/mol. The highest BCUT2D eigenvalue weighted by Crippen LogP contribution is 2.35. The quantitative estimate of drug-likeness (QED) is 0.889. The molecular weight excluding hydrogens is 252 g/mol. The van der Waals surface area contributed by atoms with E-state index in [1.165, 1.54) is 19.3 Å². The second kappa shape index (κ2) is 6.46. The number of benzene rings is 1. The molecule has 1 aliphatic rings. The molecule has 2 rings (SSSR count). The maximum absolute atomic E-state index is 9.98. The van der Waals surface area contributed by atoms with Gasteiger partial charge in [-0.3, -0.25) is 4.90 Å². The number of piperidine rings is 1. The standard InChI is InChI=1S/C16H26N2O2/c1-11-5-4-6-12(2)18(11)14(10-17)13-7-8-16(20-3)15(19)9-13/h7-9,11-12,14,19H,4-6,10,17H2,1-3H3. The second-order valence-electron chi connectivity index (χ2n) is 5.76. The minimum Gasteiger partial charge on any atom is -0.504 e. The van der Waals surface area contributed by atoms with Crippen molar-refractivity contribution >= 4 is 0 Å². The number of methoxy groups -OCH3 is 1. The summed E-state index contributed by atoms with van der Waals surface area (Å²) < 4.78 is 5.11. The molecule has 0 aliphatic carbocycles. The molecule has 0 amide bonds. The summed E-state index contributed by atoms with van der Waals surface area (Å²) in [7, 11) is 1.56. The van der Waals surface area contributed by atoms with E-state index in [2.05, 4.69) is 18.7 Å². The highest BCUT2D eigenvalue weighted by atomic mass is 16.5. The molecular formula is C16H26N2O2. The third-order valence-corrected chi connectivity index (χ3v) is 4.43. The van der Waals surface area contributed by atoms with Gasteiger partial charge in [0.2, 0.25) is 0 Å². The normalized spacial score (nSPS) is 25.4. The molecule has 4 heteroatoms. The maximum atomic E-state index is 9.98. The van der Waals surface area contributed by atoms with Crippen LogP contribution in [-0.2, 0) is 0 Å². The van der Waals surface area contributed by atoms with Gasteiger partial charge in [0.15, 0.2) is 11.5 Å². The predicted octanol–water partition coefficient (Wildman–Crippen LogP) is 2.66. The van der Waals surface area contributed by atoms with Gasteiger partial charge in [-0.05, 0) is 44.4 Å². The molecule has 3 N–H and O–H groups in total. The lowest BCUT2D eigenvalue weighted by atomic mass is 9.92. The van der Waals surface area contributed by atoms with E-state index < -0.39 is 0 Å². The van der Waals surface area contributed by atoms with E-state index in [1.54, 1.807) is 13.2 Å². The zero-order valence-corrected chi connectivity index (χ0v) is 12.7. The molecule has 0 aromatic heterocycles. The van der Waals surface area contributed by atoms with Gasteiger partial charge in [0.1, 0.15) is 0 Å². The van der Waals surface area contributed by atoms with Crippen molar-refractivity contribution in [3.8, 4) is 11.5 Å². The lowest BCUT2D eigenvalue weighted by Crippen LogP contribution is -2.48. The largest absolute Gasteiger partial charge is 0.504 e. The van der Waals surface area contributed by atoms with Crippen molar-refractivity contribution in [2.75, 3.05) is 13.7 Å². The summed E-state index contributed by atoms with van der Waals surface area (Å²) in [4.78, 5) is 2.49. The number of aromatic hydroxyl groups is 1. The number of hydrogen-bond donors (Lipinski definition) is 2. The maximum Gasteiger partial charge on any atom is 0.160 e. The summed E-state index contributed by atoms with van der Waals surface area (Å²) in [5, 5.41) is 9.98. The first-order valence-corrected chi connectivity index (χ1v) is 7.42. The Morgan fingerprint density at radius 2 is 2.00 bits per heavy atom. The molecule has 0 spiro atoms. The molecule has 1 aromatic rings. The molecule has 1 heterocycles. The summed E-state index contributed by atoms with van der Waals surface area (Å²) in [5.74, 6) is 0.685. The van der Waals surface area contributed by atoms with Crippen molar-refractivity contribution in [2.45, 2.75) is 51.2 Å². The molecule has 3 unspecified atom stereocenters. The van der Waals surface area contributed by atoms with E-state index in [1.807, 2.05) is 12.1 Å². The van der Waals surface area contributed by atoms with Crippen LogP contribution in [0, 0.1) is 0 Å². The van der Waals surface area contributed by atoms with Gasteiger partial charge in [0.25, 0.3) is 0 Å². The minimum atomic E-state index is 0.150. The van der Waals surface area contributed by atoms with Crippen molar-refractivity contribution in [1.82, 2.24) is 4.90 Å². The molecule has 1 aliphatic heterocycles. The van der Waals surface area contributed by atoms with Gasteiger partial charge in [0, 0.05) is 24.7 Å². The summed E-state index contributed by atoms with van der Waals surface area (Å²) >= 11 is 0. The van der Waals surface area contributed by atoms with Gasteiger partial charge in [0.05, 0.1) is 7.11 Å². The first-order valence-electron chi connectivity index (χ1n) is 7.42. The zero-order valence-electron chi connectivity index (χ0n) is 12.7. The Balaban J connectivity index is 2.29. The molecule has 1 saturated heterocycles. The fourth-order valence-corrected chi connectivity index (χ4v) is 3.40. The minimum absolute atomic E-state index is 0.150. The summed E-state index contributed by atoms with van der Waals surface area (Å²) in [5.41, 5.74) is 7.09. The van der Waals surface area contributed by atoms with Crippen LogP contribution in [0.1, 0.15) is 44.7 Å². The molecule has 4 nitrogen and oxygen atoms in total. The van der Waals surface area contributed by atoms with Crippen LogP contribution < -0.4 is 10.5 Å². The van der Waals surface area contributed by atoms with E-state index in [4.69, 9.17) is 10.5 Å². The molecule has 1 aromatic carbocycles. The van der Waals surface area contributed by atoms with E-state index in [0.717, 1.165) is 5.56 Å². The number of nitrogens with two attached hydrogens (primary N) is 1. The van der Waals surface area contributed by atoms with Gasteiger partial charge >= 0.3 is 0 Å². The van der Waals surface area contributed by atoms with Crippen LogP contribution in [0.3, 0.4) is 0 Å². The third-order valence-electron chi connectivity index (χ3n) is 4.43. The zero-order chi connectivity index (χ0) is 14.7. The number of phenolic OH excluding ortho intramolecular Hbond substituents is 1. The second-order valence-corrected chi connectivity index (χ2v) is 5.76. The van der Waals surface area contributed by atoms with E-state index in [0.29, 0.717) is 24.4 Å². The Hall–Kier alpha value is -1.26. The number of nitrogens with zero attached hydrogens (tertiary/aromatic N) is 1. The fraction of sp³-hybridized carbons (Fsp3) is 0.625. The average Bonchev–Trinajstić information content (AvgIpc) is 2.43. The highest BCUT2D eigenvalue weighted by Gasteiger charge is 2.31. The summed E-state index contributed by atoms with van der Waals surface area (Å²) in [6.45, 7) is 5.09. The molecule has 0 saturated carbocycles. The third kappa shape index (κ3) is 2.91. The molecule has 1 fully saturated rings. The molecule has 0 bridgehead atoms. The van der Waals surface area contributed by atoms with Crippen molar-refractivity contribution in [3.05, 3.63) is 23.8 Å². The number of phenols is 1. The van der Waals surface area contributed by atoms with Crippen LogP contribution >= 0.6 is 0 Å². The van der Waals surface area contributed by atoms with Crippen LogP contribution in [0.25, 0.3) is 0 Å². The van der Waals surface area contributed by atoms with E-state index in [-0.39, 0.29) is 11.8 Å². The Morgan fingerprint density at radius 3 is 2.50 bits per heavy atom. The first-order chi connectivity index (χ1) is 9.58. The fourth-order valence-electron chi connectivity index (χ4n) is 3.40. The Bertz CT molecular complexity index is 440. The topological polar surface area (TPSA) is 58.7 Å². The van der Waals surface area contributed by atoms with Crippen molar-refractivity contribution < 1.29 is 9.84 Å². The van der Waals surface area contributed by atoms with Gasteiger partial charge in [-0.15, -0.1) is 0 Å². The highest BCUT2D eigenvalue weighted by molar-refractivity contribution is 5.42. The van der Waals surface area contributed by atoms with Crippen molar-refractivity contribution in [2.24, 2.45) is 5.73 Å². The smallest absolute Gasteiger partial charge is 0.160 e. The Labute approximate surface area is 121 Å². The van der Waals surface area contributed by atoms with Crippen LogP contribution in [0.4, 0.5) is 0 Å². The molecule has 0 radical (unpaired) electrons. The monoisotopic (exact) mass is 278 g/mol. The lowest BCUT2D eigenvalue weighted by molar-refractivity contribution is 0.0576. The Kier molecular flexibility index (Phi) is 4.89. The van der Waals surface area contributed by atoms with E-state index in [9.17, 15) is 5.11 Å².